The second-order valence-corrected chi connectivity index (χ2v) is 7.60. The summed E-state index contributed by atoms with van der Waals surface area (Å²) in [6, 6.07) is 4.28. The van der Waals surface area contributed by atoms with Crippen LogP contribution >= 0.6 is 11.3 Å². The molecular weight excluding hydrogens is 338 g/mol. The average Bonchev–Trinajstić information content (AvgIpc) is 3.10. The number of anilines is 1. The first kappa shape index (κ1) is 16.8. The number of nitrogens with zero attached hydrogens (tertiary/aromatic N) is 3. The van der Waals surface area contributed by atoms with E-state index in [1.165, 1.54) is 15.8 Å². The van der Waals surface area contributed by atoms with Crippen LogP contribution in [0.1, 0.15) is 11.1 Å². The summed E-state index contributed by atoms with van der Waals surface area (Å²) in [6.07, 6.45) is -0.415. The molecule has 0 aliphatic carbocycles. The third kappa shape index (κ3) is 3.23. The standard InChI is InChI=1S/C18H23N3O3S/c1-12-3-4-15-16(13(12)2)19-18(25-15)21-7-10-24-14(11-21)17(22)20-5-8-23-9-6-20/h3-4,14H,5-11H2,1-2H3. The van der Waals surface area contributed by atoms with Crippen LogP contribution in [-0.2, 0) is 14.3 Å². The lowest BCUT2D eigenvalue weighted by molar-refractivity contribution is -0.148. The Labute approximate surface area is 151 Å². The van der Waals surface area contributed by atoms with Crippen LogP contribution in [0.5, 0.6) is 0 Å². The molecule has 1 aromatic heterocycles. The fourth-order valence-electron chi connectivity index (χ4n) is 3.31. The SMILES string of the molecule is Cc1ccc2sc(N3CCOC(C(=O)N4CCOCC4)C3)nc2c1C. The summed E-state index contributed by atoms with van der Waals surface area (Å²) in [5.41, 5.74) is 3.56. The number of carbonyl (C=O) groups is 1. The lowest BCUT2D eigenvalue weighted by Crippen LogP contribution is -2.53. The quantitative estimate of drug-likeness (QED) is 0.819. The molecule has 4 rings (SSSR count). The smallest absolute Gasteiger partial charge is 0.253 e. The minimum atomic E-state index is -0.415. The Morgan fingerprint density at radius 3 is 2.80 bits per heavy atom. The summed E-state index contributed by atoms with van der Waals surface area (Å²) in [5.74, 6) is 0.0705. The molecule has 25 heavy (non-hydrogen) atoms. The van der Waals surface area contributed by atoms with E-state index < -0.39 is 6.10 Å². The Morgan fingerprint density at radius 2 is 2.00 bits per heavy atom. The maximum absolute atomic E-state index is 12.7. The number of morpholine rings is 2. The highest BCUT2D eigenvalue weighted by Crippen LogP contribution is 2.32. The minimum Gasteiger partial charge on any atom is -0.378 e. The number of ether oxygens (including phenoxy) is 2. The first-order valence-electron chi connectivity index (χ1n) is 8.73. The van der Waals surface area contributed by atoms with Crippen molar-refractivity contribution in [3.8, 4) is 0 Å². The first-order valence-corrected chi connectivity index (χ1v) is 9.55. The van der Waals surface area contributed by atoms with Gasteiger partial charge >= 0.3 is 0 Å². The molecule has 1 unspecified atom stereocenters. The number of fused-ring (bicyclic) bond motifs is 1. The Bertz CT molecular complexity index is 785. The molecule has 1 atom stereocenters. The summed E-state index contributed by atoms with van der Waals surface area (Å²) in [6.45, 7) is 8.63. The van der Waals surface area contributed by atoms with E-state index in [-0.39, 0.29) is 5.91 Å². The highest BCUT2D eigenvalue weighted by atomic mass is 32.1. The van der Waals surface area contributed by atoms with Gasteiger partial charge in [-0.2, -0.15) is 0 Å². The molecule has 2 fully saturated rings. The molecule has 3 heterocycles. The lowest BCUT2D eigenvalue weighted by Gasteiger charge is -2.36. The zero-order valence-electron chi connectivity index (χ0n) is 14.7. The zero-order chi connectivity index (χ0) is 17.4. The lowest BCUT2D eigenvalue weighted by atomic mass is 10.1. The van der Waals surface area contributed by atoms with Gasteiger partial charge in [0.05, 0.1) is 36.6 Å². The molecule has 134 valence electrons. The highest BCUT2D eigenvalue weighted by Gasteiger charge is 2.32. The molecule has 0 bridgehead atoms. The van der Waals surface area contributed by atoms with Crippen LogP contribution in [-0.4, -0.2) is 67.9 Å². The van der Waals surface area contributed by atoms with Crippen molar-refractivity contribution in [3.05, 3.63) is 23.3 Å². The Kier molecular flexibility index (Phi) is 4.62. The van der Waals surface area contributed by atoms with Gasteiger partial charge in [-0.3, -0.25) is 4.79 Å². The number of amides is 1. The number of benzene rings is 1. The van der Waals surface area contributed by atoms with Crippen LogP contribution in [0.25, 0.3) is 10.2 Å². The molecule has 0 spiro atoms. The maximum atomic E-state index is 12.7. The summed E-state index contributed by atoms with van der Waals surface area (Å²) in [7, 11) is 0. The van der Waals surface area contributed by atoms with E-state index in [0.717, 1.165) is 17.2 Å². The normalized spacial score (nSPS) is 21.8. The van der Waals surface area contributed by atoms with E-state index in [1.54, 1.807) is 11.3 Å². The maximum Gasteiger partial charge on any atom is 0.253 e. The van der Waals surface area contributed by atoms with Gasteiger partial charge in [0, 0.05) is 19.6 Å². The number of rotatable bonds is 2. The molecule has 2 saturated heterocycles. The number of aryl methyl sites for hydroxylation is 2. The summed E-state index contributed by atoms with van der Waals surface area (Å²) in [4.78, 5) is 21.6. The van der Waals surface area contributed by atoms with Crippen molar-refractivity contribution in [2.45, 2.75) is 20.0 Å². The van der Waals surface area contributed by atoms with Crippen molar-refractivity contribution in [2.75, 3.05) is 50.9 Å². The highest BCUT2D eigenvalue weighted by molar-refractivity contribution is 7.22. The van der Waals surface area contributed by atoms with E-state index >= 15 is 0 Å². The second-order valence-electron chi connectivity index (χ2n) is 6.59. The van der Waals surface area contributed by atoms with Crippen molar-refractivity contribution in [1.82, 2.24) is 9.88 Å². The Hall–Kier alpha value is -1.70. The Morgan fingerprint density at radius 1 is 1.20 bits per heavy atom. The van der Waals surface area contributed by atoms with Crippen LogP contribution in [0.3, 0.4) is 0 Å². The van der Waals surface area contributed by atoms with Crippen molar-refractivity contribution >= 4 is 32.6 Å². The molecule has 1 aromatic carbocycles. The minimum absolute atomic E-state index is 0.0705. The van der Waals surface area contributed by atoms with E-state index in [2.05, 4.69) is 30.9 Å². The average molecular weight is 361 g/mol. The molecule has 0 N–H and O–H groups in total. The number of carbonyl (C=O) groups excluding carboxylic acids is 1. The van der Waals surface area contributed by atoms with E-state index in [4.69, 9.17) is 14.5 Å². The summed E-state index contributed by atoms with van der Waals surface area (Å²) >= 11 is 1.69. The molecule has 1 amide bonds. The molecule has 0 radical (unpaired) electrons. The third-order valence-electron chi connectivity index (χ3n) is 5.01. The monoisotopic (exact) mass is 361 g/mol. The van der Waals surface area contributed by atoms with Gasteiger partial charge in [0.25, 0.3) is 5.91 Å². The van der Waals surface area contributed by atoms with Crippen LogP contribution < -0.4 is 4.90 Å². The molecule has 2 aliphatic heterocycles. The van der Waals surface area contributed by atoms with Gasteiger partial charge in [-0.05, 0) is 31.0 Å². The topological polar surface area (TPSA) is 54.9 Å². The zero-order valence-corrected chi connectivity index (χ0v) is 15.5. The number of aromatic nitrogens is 1. The summed E-state index contributed by atoms with van der Waals surface area (Å²) in [5, 5.41) is 0.978. The first-order chi connectivity index (χ1) is 12.1. The van der Waals surface area contributed by atoms with Gasteiger partial charge < -0.3 is 19.3 Å². The van der Waals surface area contributed by atoms with Crippen molar-refractivity contribution in [3.63, 3.8) is 0 Å². The van der Waals surface area contributed by atoms with Crippen LogP contribution in [0.4, 0.5) is 5.13 Å². The fourth-order valence-corrected chi connectivity index (χ4v) is 4.37. The number of hydrogen-bond donors (Lipinski definition) is 0. The predicted octanol–water partition coefficient (Wildman–Crippen LogP) is 1.98. The van der Waals surface area contributed by atoms with Gasteiger partial charge in [-0.1, -0.05) is 17.4 Å². The van der Waals surface area contributed by atoms with Gasteiger partial charge in [0.2, 0.25) is 0 Å². The summed E-state index contributed by atoms with van der Waals surface area (Å²) < 4.78 is 12.3. The number of thiazole rings is 1. The van der Waals surface area contributed by atoms with Crippen LogP contribution in [0, 0.1) is 13.8 Å². The third-order valence-corrected chi connectivity index (χ3v) is 6.09. The predicted molar refractivity (Wildman–Crippen MR) is 98.4 cm³/mol. The molecule has 7 heteroatoms. The largest absolute Gasteiger partial charge is 0.378 e. The molecule has 6 nitrogen and oxygen atoms in total. The Balaban J connectivity index is 1.53. The molecule has 2 aliphatic rings. The van der Waals surface area contributed by atoms with Crippen molar-refractivity contribution in [1.29, 1.82) is 0 Å². The van der Waals surface area contributed by atoms with E-state index in [1.807, 2.05) is 4.90 Å². The molecule has 2 aromatic rings. The van der Waals surface area contributed by atoms with Crippen LogP contribution in [0.15, 0.2) is 12.1 Å². The van der Waals surface area contributed by atoms with Gasteiger partial charge in [0.1, 0.15) is 0 Å². The van der Waals surface area contributed by atoms with E-state index in [9.17, 15) is 4.79 Å². The van der Waals surface area contributed by atoms with Crippen molar-refractivity contribution < 1.29 is 14.3 Å². The number of hydrogen-bond acceptors (Lipinski definition) is 6. The van der Waals surface area contributed by atoms with Crippen molar-refractivity contribution in [2.24, 2.45) is 0 Å². The van der Waals surface area contributed by atoms with Gasteiger partial charge in [-0.15, -0.1) is 0 Å². The van der Waals surface area contributed by atoms with E-state index in [0.29, 0.717) is 39.5 Å². The van der Waals surface area contributed by atoms with Gasteiger partial charge in [0.15, 0.2) is 11.2 Å². The molecular formula is C18H23N3O3S. The molecule has 0 saturated carbocycles. The second kappa shape index (κ2) is 6.90. The fraction of sp³-hybridized carbons (Fsp3) is 0.556. The van der Waals surface area contributed by atoms with Gasteiger partial charge in [-0.25, -0.2) is 4.98 Å². The van der Waals surface area contributed by atoms with Crippen LogP contribution in [0.2, 0.25) is 0 Å².